The second kappa shape index (κ2) is 8.99. The van der Waals surface area contributed by atoms with Crippen LogP contribution in [0, 0.1) is 0 Å². The fourth-order valence-corrected chi connectivity index (χ4v) is 1.68. The minimum absolute atomic E-state index is 0.119. The van der Waals surface area contributed by atoms with Crippen molar-refractivity contribution in [2.45, 2.75) is 32.9 Å². The smallest absolute Gasteiger partial charge is 0.344 e. The van der Waals surface area contributed by atoms with Gasteiger partial charge in [-0.25, -0.2) is 9.59 Å². The molecule has 8 heteroatoms. The highest BCUT2D eigenvalue weighted by Gasteiger charge is 2.20. The highest BCUT2D eigenvalue weighted by molar-refractivity contribution is 6.30. The predicted molar refractivity (Wildman–Crippen MR) is 84.3 cm³/mol. The fraction of sp³-hybridized carbons (Fsp3) is 0.400. The maximum Gasteiger partial charge on any atom is 0.344 e. The van der Waals surface area contributed by atoms with Crippen LogP contribution in [-0.4, -0.2) is 36.7 Å². The van der Waals surface area contributed by atoms with E-state index >= 15 is 0 Å². The van der Waals surface area contributed by atoms with Gasteiger partial charge in [0.2, 0.25) is 0 Å². The van der Waals surface area contributed by atoms with Gasteiger partial charge in [-0.15, -0.1) is 0 Å². The summed E-state index contributed by atoms with van der Waals surface area (Å²) in [6, 6.07) is 5.75. The minimum Gasteiger partial charge on any atom is -0.482 e. The molecular weight excluding hydrogens is 324 g/mol. The second-order valence-electron chi connectivity index (χ2n) is 5.00. The number of halogens is 1. The molecule has 0 aromatic heterocycles. The molecule has 0 heterocycles. The number of imide groups is 1. The largest absolute Gasteiger partial charge is 0.482 e. The fourth-order valence-electron chi connectivity index (χ4n) is 1.50. The van der Waals surface area contributed by atoms with Gasteiger partial charge in [0.1, 0.15) is 5.75 Å². The van der Waals surface area contributed by atoms with E-state index in [1.807, 2.05) is 0 Å². The van der Waals surface area contributed by atoms with Gasteiger partial charge < -0.3 is 14.8 Å². The topological polar surface area (TPSA) is 93.7 Å². The van der Waals surface area contributed by atoms with Crippen LogP contribution in [0.4, 0.5) is 4.79 Å². The van der Waals surface area contributed by atoms with Crippen molar-refractivity contribution in [2.75, 3.05) is 6.61 Å². The number of hydrogen-bond acceptors (Lipinski definition) is 5. The Morgan fingerprint density at radius 2 is 1.91 bits per heavy atom. The lowest BCUT2D eigenvalue weighted by Crippen LogP contribution is -2.46. The molecule has 23 heavy (non-hydrogen) atoms. The van der Waals surface area contributed by atoms with Gasteiger partial charge in [0.15, 0.2) is 12.7 Å². The van der Waals surface area contributed by atoms with E-state index in [2.05, 4.69) is 10.6 Å². The molecule has 0 saturated carbocycles. The number of hydrogen-bond donors (Lipinski definition) is 2. The van der Waals surface area contributed by atoms with Crippen LogP contribution in [0.25, 0.3) is 0 Å². The Morgan fingerprint density at radius 3 is 2.52 bits per heavy atom. The average Bonchev–Trinajstić information content (AvgIpc) is 2.44. The lowest BCUT2D eigenvalue weighted by Gasteiger charge is -2.14. The molecule has 1 aromatic carbocycles. The Labute approximate surface area is 139 Å². The third-order valence-corrected chi connectivity index (χ3v) is 2.72. The summed E-state index contributed by atoms with van der Waals surface area (Å²) in [7, 11) is 0. The molecule has 0 aliphatic carbocycles. The summed E-state index contributed by atoms with van der Waals surface area (Å²) in [5.74, 6) is -1.06. The summed E-state index contributed by atoms with van der Waals surface area (Å²) in [4.78, 5) is 34.7. The van der Waals surface area contributed by atoms with Gasteiger partial charge in [0.05, 0.1) is 0 Å². The molecular formula is C15H19ClN2O5. The first-order chi connectivity index (χ1) is 10.8. The monoisotopic (exact) mass is 342 g/mol. The van der Waals surface area contributed by atoms with E-state index in [9.17, 15) is 14.4 Å². The first kappa shape index (κ1) is 18.8. The van der Waals surface area contributed by atoms with E-state index in [0.717, 1.165) is 0 Å². The molecule has 0 fully saturated rings. The lowest BCUT2D eigenvalue weighted by atomic mass is 10.3. The van der Waals surface area contributed by atoms with Crippen LogP contribution in [0.1, 0.15) is 20.8 Å². The number of amides is 3. The molecule has 126 valence electrons. The molecule has 2 N–H and O–H groups in total. The Balaban J connectivity index is 2.38. The van der Waals surface area contributed by atoms with Crippen LogP contribution in [0.15, 0.2) is 24.3 Å². The van der Waals surface area contributed by atoms with Gasteiger partial charge in [-0.3, -0.25) is 10.1 Å². The van der Waals surface area contributed by atoms with Crippen molar-refractivity contribution in [3.8, 4) is 5.75 Å². The van der Waals surface area contributed by atoms with Crippen molar-refractivity contribution < 1.29 is 23.9 Å². The number of esters is 1. The summed E-state index contributed by atoms with van der Waals surface area (Å²) in [6.45, 7) is 4.48. The highest BCUT2D eigenvalue weighted by Crippen LogP contribution is 2.16. The zero-order chi connectivity index (χ0) is 17.4. The molecule has 0 bridgehead atoms. The number of carbonyl (C=O) groups excluding carboxylic acids is 3. The number of urea groups is 1. The summed E-state index contributed by atoms with van der Waals surface area (Å²) >= 11 is 5.78. The number of nitrogens with one attached hydrogen (secondary N) is 2. The van der Waals surface area contributed by atoms with E-state index in [1.54, 1.807) is 38.1 Å². The summed E-state index contributed by atoms with van der Waals surface area (Å²) in [5, 5.41) is 5.03. The van der Waals surface area contributed by atoms with E-state index in [0.29, 0.717) is 10.8 Å². The first-order valence-electron chi connectivity index (χ1n) is 6.97. The van der Waals surface area contributed by atoms with Crippen LogP contribution < -0.4 is 15.4 Å². The quantitative estimate of drug-likeness (QED) is 0.770. The van der Waals surface area contributed by atoms with Gasteiger partial charge in [-0.05, 0) is 39.0 Å². The zero-order valence-electron chi connectivity index (χ0n) is 13.1. The van der Waals surface area contributed by atoms with Gasteiger partial charge in [0, 0.05) is 11.1 Å². The number of benzene rings is 1. The van der Waals surface area contributed by atoms with Crippen molar-refractivity contribution in [2.24, 2.45) is 0 Å². The average molecular weight is 343 g/mol. The Bertz CT molecular complexity index is 577. The Kier molecular flexibility index (Phi) is 7.34. The molecule has 0 spiro atoms. The van der Waals surface area contributed by atoms with E-state index in [4.69, 9.17) is 21.1 Å². The van der Waals surface area contributed by atoms with Crippen LogP contribution in [0.5, 0.6) is 5.75 Å². The molecule has 0 unspecified atom stereocenters. The van der Waals surface area contributed by atoms with Gasteiger partial charge in [-0.1, -0.05) is 17.7 Å². The molecule has 7 nitrogen and oxygen atoms in total. The predicted octanol–water partition coefficient (Wildman–Crippen LogP) is 1.88. The number of carbonyl (C=O) groups is 3. The number of ether oxygens (including phenoxy) is 2. The SMILES string of the molecule is CC(C)NC(=O)NC(=O)[C@@H](C)OC(=O)COc1cccc(Cl)c1. The van der Waals surface area contributed by atoms with Crippen LogP contribution >= 0.6 is 11.6 Å². The summed E-state index contributed by atoms with van der Waals surface area (Å²) in [5.41, 5.74) is 0. The molecule has 0 aliphatic heterocycles. The number of rotatable bonds is 6. The molecule has 1 rings (SSSR count). The normalized spacial score (nSPS) is 11.5. The van der Waals surface area contributed by atoms with Gasteiger partial charge in [-0.2, -0.15) is 0 Å². The molecule has 1 aromatic rings. The van der Waals surface area contributed by atoms with Crippen molar-refractivity contribution in [3.05, 3.63) is 29.3 Å². The van der Waals surface area contributed by atoms with E-state index in [-0.39, 0.29) is 12.6 Å². The lowest BCUT2D eigenvalue weighted by molar-refractivity contribution is -0.156. The summed E-state index contributed by atoms with van der Waals surface area (Å²) in [6.07, 6.45) is -1.12. The maximum absolute atomic E-state index is 11.7. The minimum atomic E-state index is -1.12. The van der Waals surface area contributed by atoms with Crippen LogP contribution in [0.2, 0.25) is 5.02 Å². The maximum atomic E-state index is 11.7. The Hall–Kier alpha value is -2.28. The van der Waals surface area contributed by atoms with Crippen molar-refractivity contribution in [1.82, 2.24) is 10.6 Å². The zero-order valence-corrected chi connectivity index (χ0v) is 13.8. The van der Waals surface area contributed by atoms with Gasteiger partial charge in [0.25, 0.3) is 5.91 Å². The van der Waals surface area contributed by atoms with E-state index < -0.39 is 24.0 Å². The molecule has 0 aliphatic rings. The van der Waals surface area contributed by atoms with Crippen LogP contribution in [0.3, 0.4) is 0 Å². The Morgan fingerprint density at radius 1 is 1.22 bits per heavy atom. The molecule has 0 radical (unpaired) electrons. The highest BCUT2D eigenvalue weighted by atomic mass is 35.5. The van der Waals surface area contributed by atoms with Crippen molar-refractivity contribution in [1.29, 1.82) is 0 Å². The molecule has 3 amide bonds. The van der Waals surface area contributed by atoms with Crippen molar-refractivity contribution in [3.63, 3.8) is 0 Å². The van der Waals surface area contributed by atoms with Crippen LogP contribution in [-0.2, 0) is 14.3 Å². The first-order valence-corrected chi connectivity index (χ1v) is 7.35. The second-order valence-corrected chi connectivity index (χ2v) is 5.43. The molecule has 1 atom stereocenters. The van der Waals surface area contributed by atoms with Gasteiger partial charge >= 0.3 is 12.0 Å². The molecule has 0 saturated heterocycles. The van der Waals surface area contributed by atoms with E-state index in [1.165, 1.54) is 6.92 Å². The standard InChI is InChI=1S/C15H19ClN2O5/c1-9(2)17-15(21)18-14(20)10(3)23-13(19)8-22-12-6-4-5-11(16)7-12/h4-7,9-10H,8H2,1-3H3,(H2,17,18,20,21)/t10-/m1/s1. The van der Waals surface area contributed by atoms with Crippen molar-refractivity contribution >= 4 is 29.5 Å². The summed E-state index contributed by atoms with van der Waals surface area (Å²) < 4.78 is 10.1. The third-order valence-electron chi connectivity index (χ3n) is 2.49. The third kappa shape index (κ3) is 7.51.